The average molecular weight is 424 g/mol. The first-order chi connectivity index (χ1) is 14.7. The second kappa shape index (κ2) is 7.85. The zero-order chi connectivity index (χ0) is 20.7. The molecule has 0 bridgehead atoms. The van der Waals surface area contributed by atoms with Crippen molar-refractivity contribution in [3.8, 4) is 22.9 Å². The van der Waals surface area contributed by atoms with Gasteiger partial charge in [-0.25, -0.2) is 4.68 Å². The molecule has 3 aromatic rings. The van der Waals surface area contributed by atoms with Gasteiger partial charge in [0, 0.05) is 37.1 Å². The highest BCUT2D eigenvalue weighted by Gasteiger charge is 2.29. The minimum absolute atomic E-state index is 0.459. The van der Waals surface area contributed by atoms with Gasteiger partial charge in [0.2, 0.25) is 0 Å². The van der Waals surface area contributed by atoms with Crippen molar-refractivity contribution in [3.05, 3.63) is 52.6 Å². The molecule has 1 aromatic carbocycles. The monoisotopic (exact) mass is 423 g/mol. The third kappa shape index (κ3) is 3.50. The largest absolute Gasteiger partial charge is 0.493 e. The van der Waals surface area contributed by atoms with E-state index in [9.17, 15) is 0 Å². The van der Waals surface area contributed by atoms with E-state index in [2.05, 4.69) is 26.6 Å². The first-order valence-electron chi connectivity index (χ1n) is 10.2. The van der Waals surface area contributed by atoms with Crippen molar-refractivity contribution in [2.24, 2.45) is 0 Å². The van der Waals surface area contributed by atoms with Crippen LogP contribution in [0.4, 0.5) is 0 Å². The molecule has 0 atom stereocenters. The highest BCUT2D eigenvalue weighted by atomic mass is 32.1. The standard InChI is InChI=1S/C22H25N5O2S/c1-28-19-10-15-7-9-25(13-17(15)11-20(19)29-2)14-26-22(30)27(18-5-6-18)21(24-26)16-4-3-8-23-12-16/h3-4,8,10-12,18H,5-7,9,13-14H2,1-2H3. The molecule has 3 heterocycles. The summed E-state index contributed by atoms with van der Waals surface area (Å²) in [6.07, 6.45) is 6.92. The summed E-state index contributed by atoms with van der Waals surface area (Å²) < 4.78 is 15.9. The number of ether oxygens (including phenoxy) is 2. The number of hydrogen-bond acceptors (Lipinski definition) is 6. The molecule has 0 radical (unpaired) electrons. The van der Waals surface area contributed by atoms with Crippen LogP contribution in [0, 0.1) is 4.77 Å². The van der Waals surface area contributed by atoms with E-state index in [1.807, 2.05) is 23.0 Å². The molecule has 2 aromatic heterocycles. The summed E-state index contributed by atoms with van der Waals surface area (Å²) in [5.74, 6) is 2.47. The Morgan fingerprint density at radius 3 is 2.57 bits per heavy atom. The molecule has 7 nitrogen and oxygen atoms in total. The van der Waals surface area contributed by atoms with Gasteiger partial charge in [0.1, 0.15) is 0 Å². The zero-order valence-electron chi connectivity index (χ0n) is 17.2. The Balaban J connectivity index is 1.43. The van der Waals surface area contributed by atoms with E-state index in [0.717, 1.165) is 60.0 Å². The Morgan fingerprint density at radius 2 is 1.90 bits per heavy atom. The number of aromatic nitrogens is 4. The molecule has 0 amide bonds. The lowest BCUT2D eigenvalue weighted by Crippen LogP contribution is -2.32. The predicted molar refractivity (Wildman–Crippen MR) is 116 cm³/mol. The normalized spacial score (nSPS) is 16.3. The summed E-state index contributed by atoms with van der Waals surface area (Å²) in [4.78, 5) is 6.64. The SMILES string of the molecule is COc1cc2c(cc1OC)CN(Cn1nc(-c3cccnc3)n(C3CC3)c1=S)CC2. The van der Waals surface area contributed by atoms with E-state index in [4.69, 9.17) is 26.8 Å². The van der Waals surface area contributed by atoms with E-state index in [1.165, 1.54) is 11.1 Å². The zero-order valence-corrected chi connectivity index (χ0v) is 18.1. The molecule has 8 heteroatoms. The molecule has 0 unspecified atom stereocenters. The van der Waals surface area contributed by atoms with Crippen molar-refractivity contribution >= 4 is 12.2 Å². The van der Waals surface area contributed by atoms with Crippen LogP contribution in [0.5, 0.6) is 11.5 Å². The maximum Gasteiger partial charge on any atom is 0.199 e. The average Bonchev–Trinajstić information content (AvgIpc) is 3.57. The van der Waals surface area contributed by atoms with Crippen molar-refractivity contribution in [2.75, 3.05) is 20.8 Å². The maximum atomic E-state index is 5.83. The molecule has 1 aliphatic carbocycles. The topological polar surface area (TPSA) is 57.3 Å². The van der Waals surface area contributed by atoms with Gasteiger partial charge in [-0.15, -0.1) is 0 Å². The van der Waals surface area contributed by atoms with Crippen LogP contribution in [0.25, 0.3) is 11.4 Å². The summed E-state index contributed by atoms with van der Waals surface area (Å²) in [5, 5.41) is 4.90. The third-order valence-corrected chi connectivity index (χ3v) is 6.24. The van der Waals surface area contributed by atoms with Crippen molar-refractivity contribution in [1.82, 2.24) is 24.2 Å². The number of hydrogen-bond donors (Lipinski definition) is 0. The molecule has 30 heavy (non-hydrogen) atoms. The number of benzene rings is 1. The van der Waals surface area contributed by atoms with E-state index in [1.54, 1.807) is 20.4 Å². The lowest BCUT2D eigenvalue weighted by molar-refractivity contribution is 0.187. The van der Waals surface area contributed by atoms with Crippen molar-refractivity contribution < 1.29 is 9.47 Å². The molecule has 5 rings (SSSR count). The maximum absolute atomic E-state index is 5.83. The quantitative estimate of drug-likeness (QED) is 0.562. The Labute approximate surface area is 180 Å². The Hall–Kier alpha value is -2.71. The Morgan fingerprint density at radius 1 is 1.13 bits per heavy atom. The first kappa shape index (κ1) is 19.3. The van der Waals surface area contributed by atoms with Gasteiger partial charge in [-0.3, -0.25) is 14.5 Å². The molecule has 156 valence electrons. The van der Waals surface area contributed by atoms with Gasteiger partial charge < -0.3 is 9.47 Å². The van der Waals surface area contributed by atoms with Crippen LogP contribution in [0.1, 0.15) is 30.0 Å². The van der Waals surface area contributed by atoms with Gasteiger partial charge in [-0.05, 0) is 66.9 Å². The number of rotatable bonds is 6. The number of nitrogens with zero attached hydrogens (tertiary/aromatic N) is 5. The van der Waals surface area contributed by atoms with Gasteiger partial charge in [0.25, 0.3) is 0 Å². The summed E-state index contributed by atoms with van der Waals surface area (Å²) in [6.45, 7) is 2.44. The van der Waals surface area contributed by atoms with Crippen LogP contribution in [-0.2, 0) is 19.6 Å². The second-order valence-corrected chi connectivity index (χ2v) is 8.23. The third-order valence-electron chi connectivity index (χ3n) is 5.83. The van der Waals surface area contributed by atoms with Gasteiger partial charge in [0.15, 0.2) is 22.1 Å². The minimum Gasteiger partial charge on any atom is -0.493 e. The highest BCUT2D eigenvalue weighted by Crippen LogP contribution is 2.38. The first-order valence-corrected chi connectivity index (χ1v) is 10.6. The van der Waals surface area contributed by atoms with Crippen LogP contribution >= 0.6 is 12.2 Å². The van der Waals surface area contributed by atoms with Gasteiger partial charge in [0.05, 0.1) is 20.9 Å². The van der Waals surface area contributed by atoms with E-state index >= 15 is 0 Å². The van der Waals surface area contributed by atoms with Gasteiger partial charge >= 0.3 is 0 Å². The molecule has 1 aliphatic heterocycles. The van der Waals surface area contributed by atoms with E-state index in [0.29, 0.717) is 12.7 Å². The van der Waals surface area contributed by atoms with Crippen LogP contribution in [0.15, 0.2) is 36.7 Å². The highest BCUT2D eigenvalue weighted by molar-refractivity contribution is 7.71. The van der Waals surface area contributed by atoms with Crippen molar-refractivity contribution in [3.63, 3.8) is 0 Å². The summed E-state index contributed by atoms with van der Waals surface area (Å²) >= 11 is 5.83. The predicted octanol–water partition coefficient (Wildman–Crippen LogP) is 3.84. The number of fused-ring (bicyclic) bond motifs is 1. The molecule has 0 N–H and O–H groups in total. The smallest absolute Gasteiger partial charge is 0.199 e. The molecular weight excluding hydrogens is 398 g/mol. The molecule has 2 aliphatic rings. The van der Waals surface area contributed by atoms with Crippen LogP contribution in [-0.4, -0.2) is 45.0 Å². The van der Waals surface area contributed by atoms with Gasteiger partial charge in [-0.1, -0.05) is 0 Å². The van der Waals surface area contributed by atoms with Crippen LogP contribution in [0.2, 0.25) is 0 Å². The fourth-order valence-corrected chi connectivity index (χ4v) is 4.45. The van der Waals surface area contributed by atoms with Crippen molar-refractivity contribution in [2.45, 2.75) is 38.5 Å². The fourth-order valence-electron chi connectivity index (χ4n) is 4.12. The summed E-state index contributed by atoms with van der Waals surface area (Å²) in [6, 6.07) is 8.63. The Kier molecular flexibility index (Phi) is 5.04. The second-order valence-electron chi connectivity index (χ2n) is 7.87. The summed E-state index contributed by atoms with van der Waals surface area (Å²) in [7, 11) is 3.35. The molecule has 0 spiro atoms. The minimum atomic E-state index is 0.459. The number of pyridine rings is 1. The molecule has 1 fully saturated rings. The van der Waals surface area contributed by atoms with Crippen LogP contribution in [0.3, 0.4) is 0 Å². The molecule has 1 saturated carbocycles. The number of methoxy groups -OCH3 is 2. The summed E-state index contributed by atoms with van der Waals surface area (Å²) in [5.41, 5.74) is 3.58. The fraction of sp³-hybridized carbons (Fsp3) is 0.409. The lowest BCUT2D eigenvalue weighted by Gasteiger charge is -2.29. The van der Waals surface area contributed by atoms with Gasteiger partial charge in [-0.2, -0.15) is 5.10 Å². The van der Waals surface area contributed by atoms with E-state index < -0.39 is 0 Å². The van der Waals surface area contributed by atoms with Crippen LogP contribution < -0.4 is 9.47 Å². The molecular formula is C22H25N5O2S. The Bertz CT molecular complexity index is 1120. The molecule has 0 saturated heterocycles. The van der Waals surface area contributed by atoms with Crippen molar-refractivity contribution in [1.29, 1.82) is 0 Å². The lowest BCUT2D eigenvalue weighted by atomic mass is 9.99. The van der Waals surface area contributed by atoms with E-state index in [-0.39, 0.29) is 0 Å².